The molecule has 0 unspecified atom stereocenters. The Kier molecular flexibility index (Phi) is 5.85. The molecule has 0 radical (unpaired) electrons. The predicted octanol–water partition coefficient (Wildman–Crippen LogP) is 10.5. The number of nitrogens with zero attached hydrogens (tertiary/aromatic N) is 3. The third-order valence-corrected chi connectivity index (χ3v) is 7.38. The number of fused-ring (bicyclic) bond motifs is 3. The molecule has 0 saturated carbocycles. The number of aromatic nitrogens is 1. The van der Waals surface area contributed by atoms with Crippen molar-refractivity contribution in [3.63, 3.8) is 0 Å². The first kappa shape index (κ1) is 23.5. The molecule has 0 saturated heterocycles. The molecule has 7 aromatic rings. The molecule has 0 aliphatic rings. The van der Waals surface area contributed by atoms with E-state index in [1.807, 2.05) is 30.3 Å². The molecule has 7 rings (SSSR count). The second-order valence-corrected chi connectivity index (χ2v) is 9.74. The van der Waals surface area contributed by atoms with E-state index in [0.29, 0.717) is 5.69 Å². The minimum absolute atomic E-state index is 0.626. The van der Waals surface area contributed by atoms with E-state index in [1.54, 1.807) is 0 Å². The van der Waals surface area contributed by atoms with Crippen LogP contribution in [0.15, 0.2) is 152 Å². The summed E-state index contributed by atoms with van der Waals surface area (Å²) in [4.78, 5) is 5.91. The average Bonchev–Trinajstić information content (AvgIpc) is 3.36. The van der Waals surface area contributed by atoms with Gasteiger partial charge in [0.2, 0.25) is 0 Å². The zero-order valence-corrected chi connectivity index (χ0v) is 21.8. The van der Waals surface area contributed by atoms with Crippen LogP contribution in [-0.2, 0) is 0 Å². The van der Waals surface area contributed by atoms with Gasteiger partial charge in [-0.05, 0) is 60.2 Å². The number of rotatable bonds is 5. The molecule has 1 heterocycles. The van der Waals surface area contributed by atoms with Gasteiger partial charge in [0.1, 0.15) is 0 Å². The van der Waals surface area contributed by atoms with E-state index < -0.39 is 0 Å². The lowest BCUT2D eigenvalue weighted by molar-refractivity contribution is 1.18. The molecule has 40 heavy (non-hydrogen) atoms. The van der Waals surface area contributed by atoms with Crippen molar-refractivity contribution in [3.8, 4) is 16.8 Å². The summed E-state index contributed by atoms with van der Waals surface area (Å²) in [7, 11) is 0. The summed E-state index contributed by atoms with van der Waals surface area (Å²) in [5.74, 6) is 0. The van der Waals surface area contributed by atoms with E-state index in [2.05, 4.69) is 136 Å². The minimum Gasteiger partial charge on any atom is -0.310 e. The summed E-state index contributed by atoms with van der Waals surface area (Å²) in [5.41, 5.74) is 9.50. The summed E-state index contributed by atoms with van der Waals surface area (Å²) < 4.78 is 2.36. The molecule has 0 aliphatic heterocycles. The lowest BCUT2D eigenvalue weighted by Gasteiger charge is -2.28. The zero-order chi connectivity index (χ0) is 26.9. The van der Waals surface area contributed by atoms with Crippen molar-refractivity contribution in [1.82, 2.24) is 4.57 Å². The molecule has 0 aliphatic carbocycles. The van der Waals surface area contributed by atoms with Gasteiger partial charge in [0.15, 0.2) is 5.69 Å². The number of hydrogen-bond acceptors (Lipinski definition) is 1. The van der Waals surface area contributed by atoms with Crippen molar-refractivity contribution < 1.29 is 0 Å². The highest BCUT2D eigenvalue weighted by Gasteiger charge is 2.21. The first-order valence-electron chi connectivity index (χ1n) is 13.3. The van der Waals surface area contributed by atoms with Crippen LogP contribution in [0.1, 0.15) is 0 Å². The SMILES string of the molecule is [C-]#[N+]c1ccc(N(c2ccccc2)c2cc3c4ccccc4n(-c4ccccc4)c3cc2-c2ccccc2)cc1. The summed E-state index contributed by atoms with van der Waals surface area (Å²) >= 11 is 0. The van der Waals surface area contributed by atoms with Crippen molar-refractivity contribution in [2.45, 2.75) is 0 Å². The molecule has 3 nitrogen and oxygen atoms in total. The Morgan fingerprint density at radius 1 is 0.525 bits per heavy atom. The van der Waals surface area contributed by atoms with E-state index in [9.17, 15) is 0 Å². The Morgan fingerprint density at radius 3 is 1.82 bits per heavy atom. The highest BCUT2D eigenvalue weighted by Crippen LogP contribution is 2.45. The second kappa shape index (κ2) is 9.94. The number of benzene rings is 6. The zero-order valence-electron chi connectivity index (χ0n) is 21.8. The molecule has 0 spiro atoms. The summed E-state index contributed by atoms with van der Waals surface area (Å²) in [6.07, 6.45) is 0. The number of para-hydroxylation sites is 3. The molecule has 0 amide bonds. The predicted molar refractivity (Wildman–Crippen MR) is 167 cm³/mol. The first-order chi connectivity index (χ1) is 19.8. The fraction of sp³-hybridized carbons (Fsp3) is 0. The summed E-state index contributed by atoms with van der Waals surface area (Å²) in [6.45, 7) is 7.45. The third kappa shape index (κ3) is 4.00. The molecule has 1 aromatic heterocycles. The summed E-state index contributed by atoms with van der Waals surface area (Å²) in [5, 5.41) is 2.39. The molecule has 188 valence electrons. The standard InChI is InChI=1S/C37H25N3/c1-38-28-21-23-31(24-22-28)39(29-15-7-3-8-16-29)36-26-34-32-19-11-12-20-35(32)40(30-17-9-4-10-18-30)37(34)25-33(36)27-13-5-2-6-14-27/h2-26H. The molecule has 0 atom stereocenters. The largest absolute Gasteiger partial charge is 0.310 e. The topological polar surface area (TPSA) is 12.5 Å². The molecular weight excluding hydrogens is 486 g/mol. The van der Waals surface area contributed by atoms with E-state index in [0.717, 1.165) is 39.4 Å². The van der Waals surface area contributed by atoms with Crippen LogP contribution in [-0.4, -0.2) is 4.57 Å². The van der Waals surface area contributed by atoms with Gasteiger partial charge in [0.05, 0.1) is 23.3 Å². The lowest BCUT2D eigenvalue weighted by atomic mass is 9.99. The van der Waals surface area contributed by atoms with Crippen LogP contribution in [0.3, 0.4) is 0 Å². The second-order valence-electron chi connectivity index (χ2n) is 9.74. The summed E-state index contributed by atoms with van der Waals surface area (Å²) in [6, 6.07) is 52.7. The molecule has 0 bridgehead atoms. The van der Waals surface area contributed by atoms with Crippen LogP contribution in [0.4, 0.5) is 22.7 Å². The van der Waals surface area contributed by atoms with Gasteiger partial charge in [-0.15, -0.1) is 0 Å². The highest BCUT2D eigenvalue weighted by atomic mass is 15.1. The van der Waals surface area contributed by atoms with E-state index in [4.69, 9.17) is 6.57 Å². The Morgan fingerprint density at radius 2 is 1.12 bits per heavy atom. The maximum atomic E-state index is 7.45. The Balaban J connectivity index is 1.60. The van der Waals surface area contributed by atoms with Gasteiger partial charge < -0.3 is 9.47 Å². The van der Waals surface area contributed by atoms with Crippen molar-refractivity contribution in [3.05, 3.63) is 163 Å². The number of hydrogen-bond donors (Lipinski definition) is 0. The van der Waals surface area contributed by atoms with Gasteiger partial charge in [-0.3, -0.25) is 0 Å². The van der Waals surface area contributed by atoms with Gasteiger partial charge >= 0.3 is 0 Å². The molecule has 0 fully saturated rings. The quantitative estimate of drug-likeness (QED) is 0.209. The Labute approximate surface area is 233 Å². The Bertz CT molecular complexity index is 1980. The maximum absolute atomic E-state index is 7.45. The fourth-order valence-electron chi connectivity index (χ4n) is 5.57. The minimum atomic E-state index is 0.626. The molecule has 3 heteroatoms. The molecule has 0 N–H and O–H groups in total. The van der Waals surface area contributed by atoms with Crippen molar-refractivity contribution in [2.75, 3.05) is 4.90 Å². The Hall–Kier alpha value is -5.59. The molecular formula is C37H25N3. The van der Waals surface area contributed by atoms with Gasteiger partial charge in [-0.2, -0.15) is 0 Å². The molecule has 6 aromatic carbocycles. The van der Waals surface area contributed by atoms with E-state index >= 15 is 0 Å². The monoisotopic (exact) mass is 511 g/mol. The third-order valence-electron chi connectivity index (χ3n) is 7.38. The maximum Gasteiger partial charge on any atom is 0.187 e. The van der Waals surface area contributed by atoms with Crippen LogP contribution in [0.2, 0.25) is 0 Å². The van der Waals surface area contributed by atoms with Gasteiger partial charge in [-0.25, -0.2) is 4.85 Å². The van der Waals surface area contributed by atoms with E-state index in [1.165, 1.54) is 16.3 Å². The van der Waals surface area contributed by atoms with Crippen LogP contribution >= 0.6 is 0 Å². The van der Waals surface area contributed by atoms with Crippen LogP contribution < -0.4 is 4.90 Å². The van der Waals surface area contributed by atoms with Gasteiger partial charge in [0, 0.05) is 33.4 Å². The van der Waals surface area contributed by atoms with Gasteiger partial charge in [0.25, 0.3) is 0 Å². The van der Waals surface area contributed by atoms with Crippen LogP contribution in [0, 0.1) is 6.57 Å². The number of anilines is 3. The van der Waals surface area contributed by atoms with Crippen molar-refractivity contribution >= 4 is 44.6 Å². The normalized spacial score (nSPS) is 11.0. The fourth-order valence-corrected chi connectivity index (χ4v) is 5.57. The highest BCUT2D eigenvalue weighted by molar-refractivity contribution is 6.13. The van der Waals surface area contributed by atoms with Crippen LogP contribution in [0.25, 0.3) is 43.5 Å². The first-order valence-corrected chi connectivity index (χ1v) is 13.3. The smallest absolute Gasteiger partial charge is 0.187 e. The van der Waals surface area contributed by atoms with Crippen molar-refractivity contribution in [1.29, 1.82) is 0 Å². The van der Waals surface area contributed by atoms with Crippen LogP contribution in [0.5, 0.6) is 0 Å². The van der Waals surface area contributed by atoms with E-state index in [-0.39, 0.29) is 0 Å². The lowest BCUT2D eigenvalue weighted by Crippen LogP contribution is -2.11. The van der Waals surface area contributed by atoms with Crippen molar-refractivity contribution in [2.24, 2.45) is 0 Å². The van der Waals surface area contributed by atoms with Gasteiger partial charge in [-0.1, -0.05) is 97.1 Å². The average molecular weight is 512 g/mol.